The molecular formula is C13H27ClN4O2. The maximum atomic E-state index is 11.7. The van der Waals surface area contributed by atoms with Gasteiger partial charge >= 0.3 is 6.03 Å². The average molecular weight is 307 g/mol. The van der Waals surface area contributed by atoms with Crippen LogP contribution in [0.5, 0.6) is 0 Å². The summed E-state index contributed by atoms with van der Waals surface area (Å²) < 4.78 is 0. The van der Waals surface area contributed by atoms with Gasteiger partial charge in [0.2, 0.25) is 5.91 Å². The molecule has 1 saturated heterocycles. The molecule has 0 aliphatic carbocycles. The molecule has 1 heterocycles. The van der Waals surface area contributed by atoms with Gasteiger partial charge in [0.05, 0.1) is 6.54 Å². The molecule has 1 fully saturated rings. The summed E-state index contributed by atoms with van der Waals surface area (Å²) in [7, 11) is 0. The van der Waals surface area contributed by atoms with Gasteiger partial charge in [-0.05, 0) is 44.3 Å². The SMILES string of the molecule is CC(C)CNC(=O)NC(=O)CN1CCC(CN)CC1.Cl. The van der Waals surface area contributed by atoms with Crippen LogP contribution in [0.15, 0.2) is 0 Å². The van der Waals surface area contributed by atoms with Gasteiger partial charge in [-0.15, -0.1) is 12.4 Å². The third-order valence-corrected chi connectivity index (χ3v) is 3.33. The average Bonchev–Trinajstić information content (AvgIpc) is 2.37. The lowest BCUT2D eigenvalue weighted by Gasteiger charge is -2.30. The highest BCUT2D eigenvalue weighted by atomic mass is 35.5. The standard InChI is InChI=1S/C13H26N4O2.ClH/c1-10(2)8-15-13(19)16-12(18)9-17-5-3-11(7-14)4-6-17;/h10-11H,3-9,14H2,1-2H3,(H2,15,16,18,19);1H. The number of carbonyl (C=O) groups excluding carboxylic acids is 2. The number of nitrogens with zero attached hydrogens (tertiary/aromatic N) is 1. The first-order valence-electron chi connectivity index (χ1n) is 7.01. The Balaban J connectivity index is 0.00000361. The molecule has 0 unspecified atom stereocenters. The monoisotopic (exact) mass is 306 g/mol. The van der Waals surface area contributed by atoms with Gasteiger partial charge in [-0.1, -0.05) is 13.8 Å². The second kappa shape index (κ2) is 9.96. The second-order valence-corrected chi connectivity index (χ2v) is 5.61. The van der Waals surface area contributed by atoms with Crippen molar-refractivity contribution >= 4 is 24.3 Å². The van der Waals surface area contributed by atoms with E-state index >= 15 is 0 Å². The quantitative estimate of drug-likeness (QED) is 0.692. The van der Waals surface area contributed by atoms with E-state index in [0.717, 1.165) is 32.5 Å². The molecule has 1 aliphatic rings. The molecule has 118 valence electrons. The van der Waals surface area contributed by atoms with Gasteiger partial charge in [-0.2, -0.15) is 0 Å². The molecule has 1 aliphatic heterocycles. The van der Waals surface area contributed by atoms with Gasteiger partial charge in [0.1, 0.15) is 0 Å². The van der Waals surface area contributed by atoms with Gasteiger partial charge in [0.25, 0.3) is 0 Å². The minimum absolute atomic E-state index is 0. The molecular weight excluding hydrogens is 280 g/mol. The van der Waals surface area contributed by atoms with E-state index in [1.165, 1.54) is 0 Å². The third-order valence-electron chi connectivity index (χ3n) is 3.33. The summed E-state index contributed by atoms with van der Waals surface area (Å²) >= 11 is 0. The fourth-order valence-electron chi connectivity index (χ4n) is 2.09. The Morgan fingerprint density at radius 2 is 1.90 bits per heavy atom. The van der Waals surface area contributed by atoms with E-state index in [1.54, 1.807) is 0 Å². The molecule has 20 heavy (non-hydrogen) atoms. The first-order valence-corrected chi connectivity index (χ1v) is 7.01. The summed E-state index contributed by atoms with van der Waals surface area (Å²) in [6.45, 7) is 7.34. The molecule has 0 spiro atoms. The number of nitrogens with two attached hydrogens (primary N) is 1. The van der Waals surface area contributed by atoms with Crippen LogP contribution in [-0.4, -0.2) is 49.6 Å². The summed E-state index contributed by atoms with van der Waals surface area (Å²) in [5.74, 6) is 0.706. The van der Waals surface area contributed by atoms with Crippen LogP contribution in [0, 0.1) is 11.8 Å². The van der Waals surface area contributed by atoms with E-state index in [0.29, 0.717) is 18.4 Å². The highest BCUT2D eigenvalue weighted by Gasteiger charge is 2.20. The first kappa shape index (κ1) is 19.1. The summed E-state index contributed by atoms with van der Waals surface area (Å²) in [5.41, 5.74) is 5.62. The number of rotatable bonds is 5. The van der Waals surface area contributed by atoms with Gasteiger partial charge in [-0.25, -0.2) is 4.79 Å². The molecule has 0 atom stereocenters. The molecule has 1 rings (SSSR count). The minimum Gasteiger partial charge on any atom is -0.338 e. The number of likely N-dealkylation sites (tertiary alicyclic amines) is 1. The van der Waals surface area contributed by atoms with Crippen molar-refractivity contribution in [2.45, 2.75) is 26.7 Å². The van der Waals surface area contributed by atoms with Crippen LogP contribution in [0.25, 0.3) is 0 Å². The number of urea groups is 1. The van der Waals surface area contributed by atoms with Crippen molar-refractivity contribution in [1.29, 1.82) is 0 Å². The van der Waals surface area contributed by atoms with E-state index in [4.69, 9.17) is 5.73 Å². The minimum atomic E-state index is -0.407. The van der Waals surface area contributed by atoms with Crippen molar-refractivity contribution < 1.29 is 9.59 Å². The largest absolute Gasteiger partial charge is 0.338 e. The fourth-order valence-corrected chi connectivity index (χ4v) is 2.09. The number of hydrogen-bond donors (Lipinski definition) is 3. The van der Waals surface area contributed by atoms with Crippen molar-refractivity contribution in [2.75, 3.05) is 32.7 Å². The number of hydrogen-bond acceptors (Lipinski definition) is 4. The topological polar surface area (TPSA) is 87.5 Å². The smallest absolute Gasteiger partial charge is 0.321 e. The predicted octanol–water partition coefficient (Wildman–Crippen LogP) is 0.561. The number of nitrogens with one attached hydrogen (secondary N) is 2. The zero-order valence-corrected chi connectivity index (χ0v) is 13.2. The number of carbonyl (C=O) groups is 2. The number of piperidine rings is 1. The summed E-state index contributed by atoms with van der Waals surface area (Å²) in [6.07, 6.45) is 2.06. The zero-order chi connectivity index (χ0) is 14.3. The molecule has 0 aromatic rings. The molecule has 0 bridgehead atoms. The molecule has 0 aromatic carbocycles. The molecule has 3 amide bonds. The van der Waals surface area contributed by atoms with E-state index in [9.17, 15) is 9.59 Å². The molecule has 7 heteroatoms. The maximum Gasteiger partial charge on any atom is 0.321 e. The van der Waals surface area contributed by atoms with Crippen molar-refractivity contribution in [1.82, 2.24) is 15.5 Å². The van der Waals surface area contributed by atoms with E-state index in [1.807, 2.05) is 13.8 Å². The van der Waals surface area contributed by atoms with Gasteiger partial charge in [0, 0.05) is 6.54 Å². The highest BCUT2D eigenvalue weighted by Crippen LogP contribution is 2.14. The van der Waals surface area contributed by atoms with E-state index < -0.39 is 6.03 Å². The summed E-state index contributed by atoms with van der Waals surface area (Å²) in [5, 5.41) is 5.01. The van der Waals surface area contributed by atoms with Crippen LogP contribution >= 0.6 is 12.4 Å². The van der Waals surface area contributed by atoms with Crippen molar-refractivity contribution in [3.05, 3.63) is 0 Å². The first-order chi connectivity index (χ1) is 9.01. The lowest BCUT2D eigenvalue weighted by Crippen LogP contribution is -2.47. The van der Waals surface area contributed by atoms with Crippen LogP contribution in [0.2, 0.25) is 0 Å². The number of imide groups is 1. The molecule has 0 radical (unpaired) electrons. The molecule has 4 N–H and O–H groups in total. The van der Waals surface area contributed by atoms with Crippen LogP contribution in [0.1, 0.15) is 26.7 Å². The highest BCUT2D eigenvalue weighted by molar-refractivity contribution is 5.95. The van der Waals surface area contributed by atoms with Crippen LogP contribution in [0.4, 0.5) is 4.79 Å². The lowest BCUT2D eigenvalue weighted by atomic mass is 9.97. The maximum absolute atomic E-state index is 11.7. The van der Waals surface area contributed by atoms with Gasteiger partial charge in [-0.3, -0.25) is 15.0 Å². The molecule has 0 saturated carbocycles. The van der Waals surface area contributed by atoms with Crippen molar-refractivity contribution in [2.24, 2.45) is 17.6 Å². The Kier molecular flexibility index (Phi) is 9.54. The third kappa shape index (κ3) is 7.67. The van der Waals surface area contributed by atoms with Crippen LogP contribution in [0.3, 0.4) is 0 Å². The Labute approximate surface area is 127 Å². The fraction of sp³-hybridized carbons (Fsp3) is 0.846. The molecule has 6 nitrogen and oxygen atoms in total. The second-order valence-electron chi connectivity index (χ2n) is 5.61. The number of amides is 3. The van der Waals surface area contributed by atoms with Gasteiger partial charge in [0.15, 0.2) is 0 Å². The Bertz CT molecular complexity index is 305. The van der Waals surface area contributed by atoms with E-state index in [-0.39, 0.29) is 24.9 Å². The van der Waals surface area contributed by atoms with E-state index in [2.05, 4.69) is 15.5 Å². The zero-order valence-electron chi connectivity index (χ0n) is 12.4. The van der Waals surface area contributed by atoms with Crippen LogP contribution < -0.4 is 16.4 Å². The molecule has 0 aromatic heterocycles. The van der Waals surface area contributed by atoms with Crippen molar-refractivity contribution in [3.8, 4) is 0 Å². The lowest BCUT2D eigenvalue weighted by molar-refractivity contribution is -0.121. The number of halogens is 1. The van der Waals surface area contributed by atoms with Crippen molar-refractivity contribution in [3.63, 3.8) is 0 Å². The Morgan fingerprint density at radius 3 is 2.40 bits per heavy atom. The normalized spacial score (nSPS) is 16.6. The Hall–Kier alpha value is -0.850. The summed E-state index contributed by atoms with van der Waals surface area (Å²) in [6, 6.07) is -0.407. The Morgan fingerprint density at radius 1 is 1.30 bits per heavy atom. The van der Waals surface area contributed by atoms with Gasteiger partial charge < -0.3 is 11.1 Å². The predicted molar refractivity (Wildman–Crippen MR) is 81.8 cm³/mol. The summed E-state index contributed by atoms with van der Waals surface area (Å²) in [4.78, 5) is 25.2. The van der Waals surface area contributed by atoms with Crippen LogP contribution in [-0.2, 0) is 4.79 Å².